The lowest BCUT2D eigenvalue weighted by Crippen LogP contribution is -2.43. The number of aromatic nitrogens is 1. The van der Waals surface area contributed by atoms with Gasteiger partial charge in [-0.25, -0.2) is 4.98 Å². The fourth-order valence-electron chi connectivity index (χ4n) is 3.62. The lowest BCUT2D eigenvalue weighted by Gasteiger charge is -2.29. The van der Waals surface area contributed by atoms with Crippen molar-refractivity contribution in [1.82, 2.24) is 20.5 Å². The first-order valence-electron chi connectivity index (χ1n) is 10.4. The third-order valence-electron chi connectivity index (χ3n) is 5.45. The third kappa shape index (κ3) is 5.64. The van der Waals surface area contributed by atoms with E-state index in [2.05, 4.69) is 51.5 Å². The van der Waals surface area contributed by atoms with Crippen LogP contribution in [0.15, 0.2) is 17.1 Å². The molecule has 2 aromatic rings. The van der Waals surface area contributed by atoms with E-state index in [9.17, 15) is 0 Å². The summed E-state index contributed by atoms with van der Waals surface area (Å²) in [6, 6.07) is 4.22. The first-order chi connectivity index (χ1) is 14.5. The fraction of sp³-hybridized carbons (Fsp3) is 0.545. The molecule has 0 amide bonds. The van der Waals surface area contributed by atoms with Crippen LogP contribution < -0.4 is 20.1 Å². The van der Waals surface area contributed by atoms with Gasteiger partial charge in [0.1, 0.15) is 0 Å². The highest BCUT2D eigenvalue weighted by Crippen LogP contribution is 2.33. The third-order valence-corrected chi connectivity index (χ3v) is 6.58. The number of benzene rings is 1. The van der Waals surface area contributed by atoms with Gasteiger partial charge < -0.3 is 20.1 Å². The number of aliphatic imine (C=N–C) groups is 1. The number of rotatable bonds is 8. The summed E-state index contributed by atoms with van der Waals surface area (Å²) >= 11 is 1.77. The monoisotopic (exact) mass is 431 g/mol. The van der Waals surface area contributed by atoms with Crippen LogP contribution >= 0.6 is 11.3 Å². The standard InChI is InChI=1S/C22H33N5O2S/c1-15-16(2)30-21(26-15)6-8-24-22(23-3)25-9-11-27-10-7-17-12-19(28-4)20(29-5)13-18(17)14-27/h12-13H,6-11,14H2,1-5H3,(H2,23,24,25). The number of aryl methyl sites for hydroxylation is 2. The molecule has 3 rings (SSSR count). The van der Waals surface area contributed by atoms with E-state index in [0.29, 0.717) is 0 Å². The molecule has 2 heterocycles. The number of nitrogens with one attached hydrogen (secondary N) is 2. The highest BCUT2D eigenvalue weighted by Gasteiger charge is 2.19. The van der Waals surface area contributed by atoms with E-state index in [1.807, 2.05) is 7.05 Å². The van der Waals surface area contributed by atoms with Gasteiger partial charge in [0.2, 0.25) is 0 Å². The van der Waals surface area contributed by atoms with E-state index in [1.54, 1.807) is 25.6 Å². The smallest absolute Gasteiger partial charge is 0.191 e. The summed E-state index contributed by atoms with van der Waals surface area (Å²) in [4.78, 5) is 12.7. The van der Waals surface area contributed by atoms with E-state index >= 15 is 0 Å². The molecule has 1 aliphatic rings. The Kier molecular flexibility index (Phi) is 7.93. The van der Waals surface area contributed by atoms with Gasteiger partial charge in [-0.3, -0.25) is 9.89 Å². The van der Waals surface area contributed by atoms with Crippen molar-refractivity contribution >= 4 is 17.3 Å². The average molecular weight is 432 g/mol. The predicted octanol–water partition coefficient (Wildman–Crippen LogP) is 2.54. The predicted molar refractivity (Wildman–Crippen MR) is 123 cm³/mol. The zero-order chi connectivity index (χ0) is 21.5. The van der Waals surface area contributed by atoms with Gasteiger partial charge in [-0.1, -0.05) is 0 Å². The van der Waals surface area contributed by atoms with Gasteiger partial charge in [-0.2, -0.15) is 0 Å². The maximum absolute atomic E-state index is 5.46. The van der Waals surface area contributed by atoms with Crippen molar-refractivity contribution in [3.63, 3.8) is 0 Å². The quantitative estimate of drug-likeness (QED) is 0.494. The van der Waals surface area contributed by atoms with Crippen LogP contribution in [0.25, 0.3) is 0 Å². The lowest BCUT2D eigenvalue weighted by atomic mass is 9.99. The van der Waals surface area contributed by atoms with Gasteiger partial charge in [-0.05, 0) is 43.5 Å². The zero-order valence-corrected chi connectivity index (χ0v) is 19.5. The molecule has 2 N–H and O–H groups in total. The van der Waals surface area contributed by atoms with E-state index in [1.165, 1.54) is 21.0 Å². The van der Waals surface area contributed by atoms with Gasteiger partial charge >= 0.3 is 0 Å². The molecule has 1 aromatic carbocycles. The molecule has 1 aromatic heterocycles. The van der Waals surface area contributed by atoms with E-state index in [-0.39, 0.29) is 0 Å². The van der Waals surface area contributed by atoms with Crippen LogP contribution in [-0.4, -0.2) is 63.3 Å². The summed E-state index contributed by atoms with van der Waals surface area (Å²) in [5.74, 6) is 2.44. The van der Waals surface area contributed by atoms with E-state index < -0.39 is 0 Å². The van der Waals surface area contributed by atoms with Crippen molar-refractivity contribution < 1.29 is 9.47 Å². The Morgan fingerprint density at radius 3 is 2.47 bits per heavy atom. The number of guanidine groups is 1. The first-order valence-corrected chi connectivity index (χ1v) is 11.2. The zero-order valence-electron chi connectivity index (χ0n) is 18.7. The van der Waals surface area contributed by atoms with Crippen LogP contribution in [-0.2, 0) is 19.4 Å². The van der Waals surface area contributed by atoms with Crippen LogP contribution in [0, 0.1) is 13.8 Å². The second kappa shape index (κ2) is 10.6. The van der Waals surface area contributed by atoms with Crippen molar-refractivity contribution in [2.24, 2.45) is 4.99 Å². The molecular formula is C22H33N5O2S. The SMILES string of the molecule is CN=C(NCCc1nc(C)c(C)s1)NCCN1CCc2cc(OC)c(OC)cc2C1. The fourth-order valence-corrected chi connectivity index (χ4v) is 4.55. The Labute approximate surface area is 183 Å². The van der Waals surface area contributed by atoms with Crippen molar-refractivity contribution in [2.45, 2.75) is 33.2 Å². The number of thiazole rings is 1. The van der Waals surface area contributed by atoms with Crippen molar-refractivity contribution in [1.29, 1.82) is 0 Å². The maximum atomic E-state index is 5.46. The van der Waals surface area contributed by atoms with Crippen LogP contribution in [0.1, 0.15) is 26.7 Å². The minimum atomic E-state index is 0.798. The Morgan fingerprint density at radius 1 is 1.13 bits per heavy atom. The topological polar surface area (TPSA) is 71.0 Å². The molecule has 0 saturated heterocycles. The Morgan fingerprint density at radius 2 is 1.83 bits per heavy atom. The van der Waals surface area contributed by atoms with Crippen molar-refractivity contribution in [3.05, 3.63) is 38.8 Å². The van der Waals surface area contributed by atoms with Gasteiger partial charge in [-0.15, -0.1) is 11.3 Å². The molecule has 0 saturated carbocycles. The number of methoxy groups -OCH3 is 2. The van der Waals surface area contributed by atoms with E-state index in [0.717, 1.165) is 68.7 Å². The summed E-state index contributed by atoms with van der Waals surface area (Å²) < 4.78 is 10.9. The summed E-state index contributed by atoms with van der Waals surface area (Å²) in [6.07, 6.45) is 1.93. The van der Waals surface area contributed by atoms with Gasteiger partial charge in [0.05, 0.1) is 24.9 Å². The molecule has 1 aliphatic heterocycles. The molecule has 0 spiro atoms. The molecule has 8 heteroatoms. The molecule has 0 radical (unpaired) electrons. The minimum Gasteiger partial charge on any atom is -0.493 e. The Hall–Kier alpha value is -2.32. The molecule has 0 unspecified atom stereocenters. The number of ether oxygens (including phenoxy) is 2. The van der Waals surface area contributed by atoms with Crippen molar-refractivity contribution in [3.8, 4) is 11.5 Å². The Balaban J connectivity index is 1.43. The molecule has 30 heavy (non-hydrogen) atoms. The van der Waals surface area contributed by atoms with Crippen LogP contribution in [0.2, 0.25) is 0 Å². The number of fused-ring (bicyclic) bond motifs is 1. The van der Waals surface area contributed by atoms with Crippen molar-refractivity contribution in [2.75, 3.05) is 47.4 Å². The summed E-state index contributed by atoms with van der Waals surface area (Å²) in [5.41, 5.74) is 3.80. The average Bonchev–Trinajstić information content (AvgIpc) is 3.08. The van der Waals surface area contributed by atoms with E-state index in [4.69, 9.17) is 9.47 Å². The van der Waals surface area contributed by atoms with Crippen LogP contribution in [0.3, 0.4) is 0 Å². The molecule has 0 fully saturated rings. The summed E-state index contributed by atoms with van der Waals surface area (Å²) in [6.45, 7) is 8.78. The largest absolute Gasteiger partial charge is 0.493 e. The second-order valence-corrected chi connectivity index (χ2v) is 8.71. The molecule has 0 atom stereocenters. The highest BCUT2D eigenvalue weighted by atomic mass is 32.1. The van der Waals surface area contributed by atoms with Crippen LogP contribution in [0.5, 0.6) is 11.5 Å². The number of hydrogen-bond acceptors (Lipinski definition) is 6. The Bertz CT molecular complexity index is 861. The summed E-state index contributed by atoms with van der Waals surface area (Å²) in [5, 5.41) is 7.98. The molecule has 0 aliphatic carbocycles. The maximum Gasteiger partial charge on any atom is 0.191 e. The van der Waals surface area contributed by atoms with Gasteiger partial charge in [0, 0.05) is 51.1 Å². The first kappa shape index (κ1) is 22.4. The molecule has 7 nitrogen and oxygen atoms in total. The molecular weight excluding hydrogens is 398 g/mol. The summed E-state index contributed by atoms with van der Waals surface area (Å²) in [7, 11) is 5.18. The normalized spacial score (nSPS) is 14.4. The molecule has 164 valence electrons. The van der Waals surface area contributed by atoms with Crippen LogP contribution in [0.4, 0.5) is 0 Å². The lowest BCUT2D eigenvalue weighted by molar-refractivity contribution is 0.256. The highest BCUT2D eigenvalue weighted by molar-refractivity contribution is 7.11. The minimum absolute atomic E-state index is 0.798. The number of hydrogen-bond donors (Lipinski definition) is 2. The molecule has 0 bridgehead atoms. The second-order valence-electron chi connectivity index (χ2n) is 7.43. The van der Waals surface area contributed by atoms with Gasteiger partial charge in [0.25, 0.3) is 0 Å². The number of nitrogens with zero attached hydrogens (tertiary/aromatic N) is 3. The van der Waals surface area contributed by atoms with Gasteiger partial charge in [0.15, 0.2) is 17.5 Å².